The van der Waals surface area contributed by atoms with Gasteiger partial charge in [0, 0.05) is 0 Å². The van der Waals surface area contributed by atoms with E-state index in [1.165, 1.54) is 0 Å². The van der Waals surface area contributed by atoms with Gasteiger partial charge in [-0.25, -0.2) is 4.57 Å². The van der Waals surface area contributed by atoms with Crippen LogP contribution in [-0.2, 0) is 4.57 Å². The fourth-order valence-electron chi connectivity index (χ4n) is 0.0752. The maximum atomic E-state index is 9.73. The van der Waals surface area contributed by atoms with E-state index >= 15 is 0 Å². The molecule has 4 nitrogen and oxygen atoms in total. The number of aliphatic hydroxyl groups excluding tert-OH is 1. The SMILES string of the molecule is O=P(O)(O)SCO. The van der Waals surface area contributed by atoms with Gasteiger partial charge in [0.1, 0.15) is 0 Å². The molecule has 0 aromatic heterocycles. The normalized spacial score (nSPS) is 11.9. The molecule has 0 atom stereocenters. The van der Waals surface area contributed by atoms with Crippen molar-refractivity contribution in [3.8, 4) is 0 Å². The molecular weight excluding hydrogens is 139 g/mol. The number of rotatable bonds is 2. The van der Waals surface area contributed by atoms with Crippen LogP contribution in [-0.4, -0.2) is 20.8 Å². The molecule has 0 saturated carbocycles. The molecule has 0 bridgehead atoms. The van der Waals surface area contributed by atoms with E-state index in [2.05, 4.69) is 0 Å². The highest BCUT2D eigenvalue weighted by Crippen LogP contribution is 2.49. The summed E-state index contributed by atoms with van der Waals surface area (Å²) < 4.78 is 9.73. The van der Waals surface area contributed by atoms with E-state index < -0.39 is 12.7 Å². The second kappa shape index (κ2) is 2.69. The van der Waals surface area contributed by atoms with E-state index in [9.17, 15) is 4.57 Å². The van der Waals surface area contributed by atoms with Crippen LogP contribution in [0.2, 0.25) is 0 Å². The summed E-state index contributed by atoms with van der Waals surface area (Å²) in [6.07, 6.45) is 0. The van der Waals surface area contributed by atoms with Gasteiger partial charge < -0.3 is 14.9 Å². The Morgan fingerprint density at radius 2 is 2.00 bits per heavy atom. The highest BCUT2D eigenvalue weighted by Gasteiger charge is 2.10. The minimum Gasteiger partial charge on any atom is -0.385 e. The summed E-state index contributed by atoms with van der Waals surface area (Å²) in [5.41, 5.74) is 0. The van der Waals surface area contributed by atoms with Crippen LogP contribution >= 0.6 is 18.2 Å². The van der Waals surface area contributed by atoms with Gasteiger partial charge in [0.05, 0.1) is 5.94 Å². The highest BCUT2D eigenvalue weighted by molar-refractivity contribution is 8.54. The van der Waals surface area contributed by atoms with Crippen LogP contribution in [0.4, 0.5) is 0 Å². The smallest absolute Gasteiger partial charge is 0.385 e. The molecule has 6 heteroatoms. The van der Waals surface area contributed by atoms with Crippen molar-refractivity contribution in [2.45, 2.75) is 0 Å². The molecular formula is CH5O4PS. The van der Waals surface area contributed by atoms with E-state index in [-0.39, 0.29) is 11.4 Å². The lowest BCUT2D eigenvalue weighted by Crippen LogP contribution is -1.72. The molecule has 0 rings (SSSR count). The van der Waals surface area contributed by atoms with Crippen LogP contribution in [0.1, 0.15) is 0 Å². The second-order valence-corrected chi connectivity index (χ2v) is 4.45. The Morgan fingerprint density at radius 3 is 2.00 bits per heavy atom. The number of aliphatic hydroxyl groups is 1. The minimum atomic E-state index is -4.00. The first-order valence-corrected chi connectivity index (χ1v) is 4.57. The molecule has 3 N–H and O–H groups in total. The molecule has 7 heavy (non-hydrogen) atoms. The largest absolute Gasteiger partial charge is 0.386 e. The first kappa shape index (κ1) is 7.46. The maximum Gasteiger partial charge on any atom is 0.386 e. The lowest BCUT2D eigenvalue weighted by molar-refractivity contribution is 0.371. The average molecular weight is 144 g/mol. The molecule has 0 unspecified atom stereocenters. The molecule has 0 spiro atoms. The molecule has 0 aromatic rings. The summed E-state index contributed by atoms with van der Waals surface area (Å²) >= 11 is 0.211. The molecule has 0 amide bonds. The highest BCUT2D eigenvalue weighted by atomic mass is 32.7. The fourth-order valence-corrected chi connectivity index (χ4v) is 0.677. The van der Waals surface area contributed by atoms with Crippen molar-refractivity contribution in [1.82, 2.24) is 0 Å². The summed E-state index contributed by atoms with van der Waals surface area (Å²) in [6, 6.07) is 0. The van der Waals surface area contributed by atoms with Crippen LogP contribution in [0, 0.1) is 0 Å². The zero-order chi connectivity index (χ0) is 5.91. The first-order chi connectivity index (χ1) is 3.06. The second-order valence-electron chi connectivity index (χ2n) is 0.749. The van der Waals surface area contributed by atoms with Gasteiger partial charge in [-0.1, -0.05) is 0 Å². The Morgan fingerprint density at radius 1 is 1.57 bits per heavy atom. The predicted octanol–water partition coefficient (Wildman–Crippen LogP) is -0.238. The number of hydrogen-bond donors (Lipinski definition) is 3. The van der Waals surface area contributed by atoms with Crippen LogP contribution < -0.4 is 0 Å². The van der Waals surface area contributed by atoms with E-state index in [4.69, 9.17) is 14.9 Å². The summed E-state index contributed by atoms with van der Waals surface area (Å²) in [7, 11) is 0. The molecule has 0 aliphatic carbocycles. The Kier molecular flexibility index (Phi) is 2.87. The van der Waals surface area contributed by atoms with Gasteiger partial charge >= 0.3 is 6.80 Å². The molecule has 0 saturated heterocycles. The lowest BCUT2D eigenvalue weighted by Gasteiger charge is -1.95. The topological polar surface area (TPSA) is 77.8 Å². The van der Waals surface area contributed by atoms with E-state index in [0.717, 1.165) is 0 Å². The summed E-state index contributed by atoms with van der Waals surface area (Å²) in [5, 5.41) is 7.87. The molecule has 0 aromatic carbocycles. The zero-order valence-corrected chi connectivity index (χ0v) is 5.02. The maximum absolute atomic E-state index is 9.73. The molecule has 0 fully saturated rings. The summed E-state index contributed by atoms with van der Waals surface area (Å²) in [5.74, 6) is -0.537. The van der Waals surface area contributed by atoms with Gasteiger partial charge in [0.25, 0.3) is 0 Å². The van der Waals surface area contributed by atoms with Crippen LogP contribution in [0.25, 0.3) is 0 Å². The third-order valence-electron chi connectivity index (χ3n) is 0.226. The Labute approximate surface area is 44.5 Å². The van der Waals surface area contributed by atoms with Gasteiger partial charge in [-0.3, -0.25) is 0 Å². The van der Waals surface area contributed by atoms with E-state index in [1.807, 2.05) is 0 Å². The third-order valence-corrected chi connectivity index (χ3v) is 2.03. The van der Waals surface area contributed by atoms with E-state index in [0.29, 0.717) is 0 Å². The van der Waals surface area contributed by atoms with Gasteiger partial charge in [-0.05, 0) is 11.4 Å². The van der Waals surface area contributed by atoms with Gasteiger partial charge in [-0.15, -0.1) is 0 Å². The summed E-state index contributed by atoms with van der Waals surface area (Å²) in [4.78, 5) is 15.9. The van der Waals surface area contributed by atoms with Crippen LogP contribution in [0.5, 0.6) is 0 Å². The first-order valence-electron chi connectivity index (χ1n) is 1.37. The number of hydrogen-bond acceptors (Lipinski definition) is 3. The van der Waals surface area contributed by atoms with Crippen LogP contribution in [0.3, 0.4) is 0 Å². The van der Waals surface area contributed by atoms with Gasteiger partial charge in [0.15, 0.2) is 0 Å². The average Bonchev–Trinajstić information content (AvgIpc) is 1.30. The zero-order valence-electron chi connectivity index (χ0n) is 3.31. The third kappa shape index (κ3) is 6.46. The fraction of sp³-hybridized carbons (Fsp3) is 1.00. The predicted molar refractivity (Wildman–Crippen MR) is 26.7 cm³/mol. The van der Waals surface area contributed by atoms with Crippen molar-refractivity contribution in [2.75, 3.05) is 5.94 Å². The summed E-state index contributed by atoms with van der Waals surface area (Å²) in [6.45, 7) is -4.00. The molecule has 0 heterocycles. The molecule has 0 aliphatic heterocycles. The Hall–Kier alpha value is 0.460. The van der Waals surface area contributed by atoms with Crippen molar-refractivity contribution < 1.29 is 19.5 Å². The van der Waals surface area contributed by atoms with Crippen molar-refractivity contribution in [3.05, 3.63) is 0 Å². The quantitative estimate of drug-likeness (QED) is 0.368. The van der Waals surface area contributed by atoms with Crippen molar-refractivity contribution in [1.29, 1.82) is 0 Å². The van der Waals surface area contributed by atoms with Crippen molar-refractivity contribution in [2.24, 2.45) is 0 Å². The van der Waals surface area contributed by atoms with Crippen LogP contribution in [0.15, 0.2) is 0 Å². The van der Waals surface area contributed by atoms with Crippen molar-refractivity contribution in [3.63, 3.8) is 0 Å². The Bertz CT molecular complexity index is 85.7. The van der Waals surface area contributed by atoms with Gasteiger partial charge in [-0.2, -0.15) is 0 Å². The lowest BCUT2D eigenvalue weighted by atomic mass is 11.7. The molecule has 0 aliphatic rings. The minimum absolute atomic E-state index is 0.211. The molecule has 44 valence electrons. The van der Waals surface area contributed by atoms with Crippen molar-refractivity contribution >= 4 is 18.2 Å². The van der Waals surface area contributed by atoms with E-state index in [1.54, 1.807) is 0 Å². The van der Waals surface area contributed by atoms with Gasteiger partial charge in [0.2, 0.25) is 0 Å². The Balaban J connectivity index is 3.36. The standard InChI is InChI=1S/CH5O4PS/c2-1-7-6(3,4)5/h2H,1H2,(H2,3,4,5). The molecule has 0 radical (unpaired) electrons. The monoisotopic (exact) mass is 144 g/mol.